The highest BCUT2D eigenvalue weighted by molar-refractivity contribution is 6.10. The van der Waals surface area contributed by atoms with Crippen LogP contribution in [0, 0.1) is 0 Å². The first-order valence-corrected chi connectivity index (χ1v) is 17.3. The van der Waals surface area contributed by atoms with Crippen LogP contribution in [-0.4, -0.2) is 93.3 Å². The fourth-order valence-electron chi connectivity index (χ4n) is 8.79. The van der Waals surface area contributed by atoms with E-state index in [0.717, 1.165) is 0 Å². The maximum atomic E-state index is 14.2. The highest BCUT2D eigenvalue weighted by Crippen LogP contribution is 2.40. The Hall–Kier alpha value is -2.49. The van der Waals surface area contributed by atoms with Crippen molar-refractivity contribution in [3.05, 3.63) is 34.9 Å². The minimum Gasteiger partial charge on any atom is -0.459 e. The molecule has 0 unspecified atom stereocenters. The average molecular weight is 656 g/mol. The second-order valence-corrected chi connectivity index (χ2v) is 18.3. The van der Waals surface area contributed by atoms with Gasteiger partial charge in [0.1, 0.15) is 18.3 Å². The molecule has 4 rings (SSSR count). The van der Waals surface area contributed by atoms with Crippen LogP contribution in [0.5, 0.6) is 0 Å². The molecule has 1 N–H and O–H groups in total. The maximum absolute atomic E-state index is 14.2. The summed E-state index contributed by atoms with van der Waals surface area (Å²) in [5, 5.41) is 3.61. The van der Waals surface area contributed by atoms with Crippen LogP contribution in [0.15, 0.2) is 18.2 Å². The molecule has 9 heteroatoms. The molecule has 1 aromatic carbocycles. The van der Waals surface area contributed by atoms with Gasteiger partial charge < -0.3 is 19.5 Å². The Labute approximate surface area is 283 Å². The minimum absolute atomic E-state index is 0.0236. The Morgan fingerprint density at radius 3 is 1.19 bits per heavy atom. The van der Waals surface area contributed by atoms with Crippen LogP contribution in [0.1, 0.15) is 153 Å². The molecule has 264 valence electrons. The van der Waals surface area contributed by atoms with E-state index in [0.29, 0.717) is 38.5 Å². The fraction of sp³-hybridized carbons (Fsp3) is 0.763. The van der Waals surface area contributed by atoms with E-state index in [1.165, 1.54) is 0 Å². The second kappa shape index (κ2) is 12.4. The van der Waals surface area contributed by atoms with E-state index in [1.54, 1.807) is 18.2 Å². The Morgan fingerprint density at radius 2 is 0.851 bits per heavy atom. The van der Waals surface area contributed by atoms with Gasteiger partial charge in [0, 0.05) is 71.8 Å². The van der Waals surface area contributed by atoms with Crippen LogP contribution in [-0.2, 0) is 14.2 Å². The molecule has 0 aromatic heterocycles. The Kier molecular flexibility index (Phi) is 9.88. The summed E-state index contributed by atoms with van der Waals surface area (Å²) in [7, 11) is 4.19. The van der Waals surface area contributed by atoms with E-state index in [9.17, 15) is 14.4 Å². The number of ether oxygens (including phenoxy) is 3. The number of nitrogens with one attached hydrogen (secondary N) is 1. The first-order chi connectivity index (χ1) is 21.3. The summed E-state index contributed by atoms with van der Waals surface area (Å²) < 4.78 is 18.5. The predicted octanol–water partition coefficient (Wildman–Crippen LogP) is 6.77. The number of carbonyl (C=O) groups is 3. The van der Waals surface area contributed by atoms with Gasteiger partial charge in [0.2, 0.25) is 0 Å². The normalized spacial score (nSPS) is 25.9. The van der Waals surface area contributed by atoms with Gasteiger partial charge in [-0.05, 0) is 109 Å². The molecule has 0 spiro atoms. The number of rotatable bonds is 6. The number of piperidine rings is 3. The molecule has 0 saturated carbocycles. The van der Waals surface area contributed by atoms with Crippen molar-refractivity contribution >= 4 is 17.9 Å². The number of esters is 3. The van der Waals surface area contributed by atoms with Gasteiger partial charge in [0.05, 0.1) is 16.7 Å². The Morgan fingerprint density at radius 1 is 0.553 bits per heavy atom. The topological polar surface area (TPSA) is 97.4 Å². The van der Waals surface area contributed by atoms with E-state index in [2.05, 4.69) is 112 Å². The van der Waals surface area contributed by atoms with Gasteiger partial charge in [-0.25, -0.2) is 14.4 Å². The molecule has 3 saturated heterocycles. The molecule has 3 aliphatic rings. The van der Waals surface area contributed by atoms with Crippen molar-refractivity contribution in [1.82, 2.24) is 15.1 Å². The predicted molar refractivity (Wildman–Crippen MR) is 185 cm³/mol. The lowest BCUT2D eigenvalue weighted by Crippen LogP contribution is -2.60. The van der Waals surface area contributed by atoms with Crippen molar-refractivity contribution in [2.45, 2.75) is 173 Å². The quantitative estimate of drug-likeness (QED) is 0.263. The monoisotopic (exact) mass is 655 g/mol. The largest absolute Gasteiger partial charge is 0.459 e. The molecule has 1 aromatic rings. The number of hydrogen-bond acceptors (Lipinski definition) is 9. The van der Waals surface area contributed by atoms with Gasteiger partial charge in [0.25, 0.3) is 0 Å². The number of likely N-dealkylation sites (tertiary alicyclic amines) is 2. The first kappa shape index (κ1) is 37.3. The van der Waals surface area contributed by atoms with Gasteiger partial charge in [-0.2, -0.15) is 0 Å². The Bertz CT molecular complexity index is 1250. The fourth-order valence-corrected chi connectivity index (χ4v) is 8.79. The van der Waals surface area contributed by atoms with E-state index >= 15 is 0 Å². The SMILES string of the molecule is CN1C(C)(C)CC(OC(=O)c2cccc(C(=O)OC3CC(C)(C)N(C)C(C)(C)C3)c2C(=O)OC2CC(C)(C)NC(C)(C)C2)CC1(C)C. The first-order valence-electron chi connectivity index (χ1n) is 17.3. The molecular formula is C38H61N3O6. The zero-order valence-electron chi connectivity index (χ0n) is 31.6. The van der Waals surface area contributed by atoms with Crippen molar-refractivity contribution in [2.75, 3.05) is 14.1 Å². The third-order valence-electron chi connectivity index (χ3n) is 11.2. The van der Waals surface area contributed by atoms with E-state index in [4.69, 9.17) is 14.2 Å². The molecule has 0 bridgehead atoms. The van der Waals surface area contributed by atoms with E-state index in [1.807, 2.05) is 0 Å². The average Bonchev–Trinajstić information content (AvgIpc) is 2.87. The van der Waals surface area contributed by atoms with Crippen molar-refractivity contribution in [2.24, 2.45) is 0 Å². The second-order valence-electron chi connectivity index (χ2n) is 18.3. The lowest BCUT2D eigenvalue weighted by molar-refractivity contribution is -0.0736. The molecule has 3 fully saturated rings. The van der Waals surface area contributed by atoms with Crippen LogP contribution in [0.25, 0.3) is 0 Å². The van der Waals surface area contributed by atoms with Gasteiger partial charge >= 0.3 is 17.9 Å². The zero-order valence-corrected chi connectivity index (χ0v) is 31.6. The van der Waals surface area contributed by atoms with Crippen LogP contribution in [0.2, 0.25) is 0 Å². The Balaban J connectivity index is 1.68. The van der Waals surface area contributed by atoms with Crippen LogP contribution >= 0.6 is 0 Å². The molecule has 0 atom stereocenters. The third kappa shape index (κ3) is 8.22. The number of hydrogen-bond donors (Lipinski definition) is 1. The zero-order chi connectivity index (χ0) is 35.5. The summed E-state index contributed by atoms with van der Waals surface area (Å²) in [6.07, 6.45) is 2.61. The molecule has 3 heterocycles. The summed E-state index contributed by atoms with van der Waals surface area (Å²) in [5.41, 5.74) is -1.40. The molecule has 0 radical (unpaired) electrons. The van der Waals surface area contributed by atoms with Gasteiger partial charge in [-0.15, -0.1) is 0 Å². The lowest BCUT2D eigenvalue weighted by atomic mass is 9.78. The summed E-state index contributed by atoms with van der Waals surface area (Å²) in [4.78, 5) is 46.8. The smallest absolute Gasteiger partial charge is 0.340 e. The standard InChI is InChI=1S/C38H61N3O6/c1-33(2)18-24(19-34(3,4)39-33)47-32(44)29-27(30(42)45-25-20-35(5,6)40(13)36(7,8)21-25)16-15-17-28(29)31(43)46-26-22-37(9,10)41(14)38(11,12)23-26/h15-17,24-26,39H,18-23H2,1-14H3. The molecule has 9 nitrogen and oxygen atoms in total. The van der Waals surface area contributed by atoms with E-state index < -0.39 is 24.0 Å². The summed E-state index contributed by atoms with van der Waals surface area (Å²) in [5.74, 6) is -1.99. The van der Waals surface area contributed by atoms with Crippen LogP contribution < -0.4 is 5.32 Å². The molecule has 0 amide bonds. The van der Waals surface area contributed by atoms with Crippen LogP contribution in [0.4, 0.5) is 0 Å². The minimum atomic E-state index is -0.712. The summed E-state index contributed by atoms with van der Waals surface area (Å²) in [6, 6.07) is 4.73. The molecular weight excluding hydrogens is 594 g/mol. The van der Waals surface area contributed by atoms with Crippen molar-refractivity contribution in [3.8, 4) is 0 Å². The van der Waals surface area contributed by atoms with Gasteiger partial charge in [0.15, 0.2) is 0 Å². The number of nitrogens with zero attached hydrogens (tertiary/aromatic N) is 2. The number of carbonyl (C=O) groups excluding carboxylic acids is 3. The molecule has 3 aliphatic heterocycles. The van der Waals surface area contributed by atoms with E-state index in [-0.39, 0.29) is 62.1 Å². The third-order valence-corrected chi connectivity index (χ3v) is 11.2. The van der Waals surface area contributed by atoms with Crippen molar-refractivity contribution < 1.29 is 28.6 Å². The summed E-state index contributed by atoms with van der Waals surface area (Å²) >= 11 is 0. The van der Waals surface area contributed by atoms with Gasteiger partial charge in [-0.1, -0.05) is 6.07 Å². The highest BCUT2D eigenvalue weighted by Gasteiger charge is 2.47. The maximum Gasteiger partial charge on any atom is 0.340 e. The highest BCUT2D eigenvalue weighted by atomic mass is 16.6. The van der Waals surface area contributed by atoms with Crippen LogP contribution in [0.3, 0.4) is 0 Å². The molecule has 0 aliphatic carbocycles. The summed E-state index contributed by atoms with van der Waals surface area (Å²) in [6.45, 7) is 25.5. The molecule has 47 heavy (non-hydrogen) atoms. The number of benzene rings is 1. The lowest BCUT2D eigenvalue weighted by Gasteiger charge is -2.53. The van der Waals surface area contributed by atoms with Crippen molar-refractivity contribution in [3.63, 3.8) is 0 Å². The van der Waals surface area contributed by atoms with Crippen molar-refractivity contribution in [1.29, 1.82) is 0 Å². The van der Waals surface area contributed by atoms with Gasteiger partial charge in [-0.3, -0.25) is 9.80 Å².